The van der Waals surface area contributed by atoms with Gasteiger partial charge in [-0.2, -0.15) is 0 Å². The third-order valence-electron chi connectivity index (χ3n) is 4.57. The average molecular weight is 502 g/mol. The first-order valence-corrected chi connectivity index (χ1v) is 10.3. The van der Waals surface area contributed by atoms with E-state index < -0.39 is 6.09 Å². The van der Waals surface area contributed by atoms with E-state index in [4.69, 9.17) is 9.47 Å². The lowest BCUT2D eigenvalue weighted by atomic mass is 10.0. The number of ether oxygens (including phenoxy) is 2. The minimum atomic E-state index is -0.523. The molecule has 0 saturated heterocycles. The summed E-state index contributed by atoms with van der Waals surface area (Å²) >= 11 is 2.29. The van der Waals surface area contributed by atoms with Crippen LogP contribution in [0.15, 0.2) is 48.7 Å². The molecule has 3 aromatic rings. The standard InChI is InChI=1S/C23H23IN2O3/c1-14-8-18(17-6-5-7-19(24)10-17)11-20(9-14)29-23(27)26-13-21-16(3)22(28-4)15(2)12-25-21/h5-12H,13H2,1-4H3,(H,26,27). The Bertz CT molecular complexity index is 1050. The van der Waals surface area contributed by atoms with Gasteiger partial charge in [0.1, 0.15) is 11.5 Å². The van der Waals surface area contributed by atoms with E-state index in [0.717, 1.165) is 42.8 Å². The number of methoxy groups -OCH3 is 1. The van der Waals surface area contributed by atoms with E-state index in [1.165, 1.54) is 0 Å². The summed E-state index contributed by atoms with van der Waals surface area (Å²) in [5.74, 6) is 1.29. The highest BCUT2D eigenvalue weighted by atomic mass is 127. The molecule has 0 aliphatic carbocycles. The fourth-order valence-corrected chi connectivity index (χ4v) is 3.73. The van der Waals surface area contributed by atoms with E-state index in [9.17, 15) is 4.79 Å². The maximum Gasteiger partial charge on any atom is 0.412 e. The summed E-state index contributed by atoms with van der Waals surface area (Å²) in [6.45, 7) is 6.10. The molecule has 1 amide bonds. The Morgan fingerprint density at radius 2 is 1.90 bits per heavy atom. The maximum absolute atomic E-state index is 12.3. The molecule has 0 aliphatic rings. The van der Waals surface area contributed by atoms with Gasteiger partial charge in [-0.25, -0.2) is 4.79 Å². The zero-order chi connectivity index (χ0) is 21.0. The van der Waals surface area contributed by atoms with Crippen LogP contribution in [0.3, 0.4) is 0 Å². The minimum Gasteiger partial charge on any atom is -0.496 e. The second-order valence-electron chi connectivity index (χ2n) is 6.83. The lowest BCUT2D eigenvalue weighted by Gasteiger charge is -2.13. The number of rotatable bonds is 5. The van der Waals surface area contributed by atoms with Crippen LogP contribution in [0.25, 0.3) is 11.1 Å². The summed E-state index contributed by atoms with van der Waals surface area (Å²) in [5.41, 5.74) is 5.71. The number of aryl methyl sites for hydroxylation is 2. The largest absolute Gasteiger partial charge is 0.496 e. The number of nitrogens with zero attached hydrogens (tertiary/aromatic N) is 1. The van der Waals surface area contributed by atoms with Crippen molar-refractivity contribution in [3.63, 3.8) is 0 Å². The van der Waals surface area contributed by atoms with Gasteiger partial charge in [0.15, 0.2) is 0 Å². The minimum absolute atomic E-state index is 0.261. The van der Waals surface area contributed by atoms with Gasteiger partial charge in [-0.15, -0.1) is 0 Å². The van der Waals surface area contributed by atoms with Crippen LogP contribution in [-0.2, 0) is 6.54 Å². The highest BCUT2D eigenvalue weighted by Crippen LogP contribution is 2.27. The third kappa shape index (κ3) is 5.26. The van der Waals surface area contributed by atoms with E-state index >= 15 is 0 Å². The number of aromatic nitrogens is 1. The van der Waals surface area contributed by atoms with Gasteiger partial charge in [-0.05, 0) is 84.3 Å². The molecule has 1 heterocycles. The van der Waals surface area contributed by atoms with Gasteiger partial charge in [0.25, 0.3) is 0 Å². The first-order valence-electron chi connectivity index (χ1n) is 9.19. The van der Waals surface area contributed by atoms with Crippen molar-refractivity contribution in [3.8, 4) is 22.6 Å². The van der Waals surface area contributed by atoms with Crippen molar-refractivity contribution >= 4 is 28.7 Å². The predicted molar refractivity (Wildman–Crippen MR) is 122 cm³/mol. The Morgan fingerprint density at radius 1 is 1.10 bits per heavy atom. The molecule has 0 fully saturated rings. The Labute approximate surface area is 184 Å². The van der Waals surface area contributed by atoms with Crippen molar-refractivity contribution < 1.29 is 14.3 Å². The van der Waals surface area contributed by atoms with Crippen LogP contribution in [0.1, 0.15) is 22.4 Å². The molecule has 0 aliphatic heterocycles. The Balaban J connectivity index is 1.71. The van der Waals surface area contributed by atoms with Gasteiger partial charge in [0.05, 0.1) is 19.3 Å². The van der Waals surface area contributed by atoms with Crippen molar-refractivity contribution in [2.75, 3.05) is 7.11 Å². The summed E-state index contributed by atoms with van der Waals surface area (Å²) in [5, 5.41) is 2.77. The first-order chi connectivity index (χ1) is 13.9. The molecular formula is C23H23IN2O3. The second kappa shape index (κ2) is 9.26. The Morgan fingerprint density at radius 3 is 2.62 bits per heavy atom. The molecule has 0 spiro atoms. The molecule has 0 unspecified atom stereocenters. The molecule has 0 bridgehead atoms. The van der Waals surface area contributed by atoms with Crippen molar-refractivity contribution in [2.24, 2.45) is 0 Å². The van der Waals surface area contributed by atoms with Crippen LogP contribution in [0.2, 0.25) is 0 Å². The van der Waals surface area contributed by atoms with Crippen LogP contribution in [-0.4, -0.2) is 18.2 Å². The zero-order valence-electron chi connectivity index (χ0n) is 16.9. The molecule has 3 rings (SSSR count). The monoisotopic (exact) mass is 502 g/mol. The summed E-state index contributed by atoms with van der Waals surface area (Å²) in [4.78, 5) is 16.7. The van der Waals surface area contributed by atoms with Gasteiger partial charge in [0.2, 0.25) is 0 Å². The molecule has 5 nitrogen and oxygen atoms in total. The molecule has 0 atom stereocenters. The summed E-state index contributed by atoms with van der Waals surface area (Å²) in [6, 6.07) is 14.0. The number of nitrogens with one attached hydrogen (secondary N) is 1. The summed E-state index contributed by atoms with van der Waals surface area (Å²) < 4.78 is 12.1. The quantitative estimate of drug-likeness (QED) is 0.464. The van der Waals surface area contributed by atoms with Gasteiger partial charge in [0, 0.05) is 20.9 Å². The number of amides is 1. The Hall–Kier alpha value is -2.61. The van der Waals surface area contributed by atoms with Gasteiger partial charge in [-0.3, -0.25) is 4.98 Å². The van der Waals surface area contributed by atoms with Crippen LogP contribution < -0.4 is 14.8 Å². The topological polar surface area (TPSA) is 60.5 Å². The van der Waals surface area contributed by atoms with Crippen LogP contribution >= 0.6 is 22.6 Å². The third-order valence-corrected chi connectivity index (χ3v) is 5.24. The lowest BCUT2D eigenvalue weighted by molar-refractivity contribution is 0.200. The van der Waals surface area contributed by atoms with Gasteiger partial charge < -0.3 is 14.8 Å². The molecule has 1 aromatic heterocycles. The van der Waals surface area contributed by atoms with E-state index in [-0.39, 0.29) is 6.54 Å². The molecule has 1 N–H and O–H groups in total. The number of hydrogen-bond donors (Lipinski definition) is 1. The molecule has 0 radical (unpaired) electrons. The van der Waals surface area contributed by atoms with Gasteiger partial charge in [-0.1, -0.05) is 18.2 Å². The van der Waals surface area contributed by atoms with Crippen LogP contribution in [0, 0.1) is 24.3 Å². The fraction of sp³-hybridized carbons (Fsp3) is 0.217. The highest BCUT2D eigenvalue weighted by molar-refractivity contribution is 14.1. The SMILES string of the molecule is COc1c(C)cnc(CNC(=O)Oc2cc(C)cc(-c3cccc(I)c3)c2)c1C. The highest BCUT2D eigenvalue weighted by Gasteiger charge is 2.12. The molecule has 6 heteroatoms. The van der Waals surface area contributed by atoms with E-state index in [0.29, 0.717) is 5.75 Å². The molecular weight excluding hydrogens is 479 g/mol. The second-order valence-corrected chi connectivity index (χ2v) is 8.08. The maximum atomic E-state index is 12.3. The van der Waals surface area contributed by atoms with E-state index in [1.54, 1.807) is 13.3 Å². The van der Waals surface area contributed by atoms with Crippen molar-refractivity contribution in [3.05, 3.63) is 74.6 Å². The first kappa shape index (κ1) is 21.1. The zero-order valence-corrected chi connectivity index (χ0v) is 19.0. The Kier molecular flexibility index (Phi) is 6.74. The van der Waals surface area contributed by atoms with Crippen molar-refractivity contribution in [1.29, 1.82) is 0 Å². The average Bonchev–Trinajstić information content (AvgIpc) is 2.67. The number of halogens is 1. The van der Waals surface area contributed by atoms with Crippen molar-refractivity contribution in [1.82, 2.24) is 10.3 Å². The molecule has 150 valence electrons. The van der Waals surface area contributed by atoms with Gasteiger partial charge >= 0.3 is 6.09 Å². The van der Waals surface area contributed by atoms with E-state index in [1.807, 2.05) is 51.1 Å². The molecule has 0 saturated carbocycles. The lowest BCUT2D eigenvalue weighted by Crippen LogP contribution is -2.27. The van der Waals surface area contributed by atoms with E-state index in [2.05, 4.69) is 45.0 Å². The number of pyridine rings is 1. The smallest absolute Gasteiger partial charge is 0.412 e. The predicted octanol–water partition coefficient (Wildman–Crippen LogP) is 5.58. The molecule has 29 heavy (non-hydrogen) atoms. The number of benzene rings is 2. The fourth-order valence-electron chi connectivity index (χ4n) is 3.19. The number of carbonyl (C=O) groups excluding carboxylic acids is 1. The van der Waals surface area contributed by atoms with Crippen LogP contribution in [0.4, 0.5) is 4.79 Å². The van der Waals surface area contributed by atoms with Crippen LogP contribution in [0.5, 0.6) is 11.5 Å². The summed E-state index contributed by atoms with van der Waals surface area (Å²) in [7, 11) is 1.63. The van der Waals surface area contributed by atoms with Crippen molar-refractivity contribution in [2.45, 2.75) is 27.3 Å². The summed E-state index contributed by atoms with van der Waals surface area (Å²) in [6.07, 6.45) is 1.22. The normalized spacial score (nSPS) is 10.5. The number of hydrogen-bond acceptors (Lipinski definition) is 4. The molecule has 2 aromatic carbocycles. The number of carbonyl (C=O) groups is 1.